The van der Waals surface area contributed by atoms with Crippen molar-refractivity contribution in [1.29, 1.82) is 0 Å². The molecule has 11 N–H and O–H groups in total. The Kier molecular flexibility index (Phi) is 16.9. The average molecular weight is 1100 g/mol. The molecule has 77 heavy (non-hydrogen) atoms. The molecule has 0 aromatic heterocycles. The molecule has 4 saturated carbocycles. The molecule has 0 aromatic carbocycles. The van der Waals surface area contributed by atoms with Crippen molar-refractivity contribution in [2.75, 3.05) is 19.8 Å². The van der Waals surface area contributed by atoms with Gasteiger partial charge < -0.3 is 98.9 Å². The Bertz CT molecular complexity index is 2270. The largest absolute Gasteiger partial charge is 0.479 e. The van der Waals surface area contributed by atoms with E-state index in [-0.39, 0.29) is 25.4 Å². The molecule has 8 rings (SSSR count). The summed E-state index contributed by atoms with van der Waals surface area (Å²) in [4.78, 5) is 52.7. The Morgan fingerprint density at radius 3 is 2.05 bits per heavy atom. The Hall–Kier alpha value is -3.08. The van der Waals surface area contributed by atoms with E-state index in [4.69, 9.17) is 37.9 Å². The fourth-order valence-electron chi connectivity index (χ4n) is 15.7. The van der Waals surface area contributed by atoms with Crippen LogP contribution in [0, 0.1) is 50.2 Å². The predicted octanol–water partition coefficient (Wildman–Crippen LogP) is -0.475. The zero-order valence-corrected chi connectivity index (χ0v) is 45.2. The molecule has 8 aliphatic rings. The van der Waals surface area contributed by atoms with Crippen molar-refractivity contribution >= 4 is 24.2 Å². The van der Waals surface area contributed by atoms with Crippen molar-refractivity contribution in [1.82, 2.24) is 0 Å². The van der Waals surface area contributed by atoms with Gasteiger partial charge in [-0.15, -0.1) is 0 Å². The van der Waals surface area contributed by atoms with Crippen LogP contribution in [0.2, 0.25) is 0 Å². The molecule has 3 saturated heterocycles. The zero-order valence-electron chi connectivity index (χ0n) is 45.2. The lowest BCUT2D eigenvalue weighted by atomic mass is 9.33. The van der Waals surface area contributed by atoms with Crippen molar-refractivity contribution < 1.29 is 113 Å². The van der Waals surface area contributed by atoms with Gasteiger partial charge in [0.1, 0.15) is 86.1 Å². The Labute approximate surface area is 447 Å². The number of carboxylic acid groups (broad SMARTS) is 1. The fourth-order valence-corrected chi connectivity index (χ4v) is 15.7. The highest BCUT2D eigenvalue weighted by atomic mass is 16.8. The van der Waals surface area contributed by atoms with Crippen molar-refractivity contribution in [2.24, 2.45) is 50.2 Å². The number of fused-ring (bicyclic) bond motifs is 7. The van der Waals surface area contributed by atoms with E-state index in [0.717, 1.165) is 11.9 Å². The number of carbonyl (C=O) groups excluding carboxylic acids is 3. The van der Waals surface area contributed by atoms with E-state index in [2.05, 4.69) is 26.8 Å². The molecule has 3 aliphatic heterocycles. The number of ether oxygens (including phenoxy) is 8. The number of hydrogen-bond acceptors (Lipinski definition) is 22. The quantitative estimate of drug-likeness (QED) is 0.0365. The molecule has 0 radical (unpaired) electrons. The van der Waals surface area contributed by atoms with E-state index >= 15 is 0 Å². The number of carboxylic acids is 1. The normalized spacial score (nSPS) is 50.6. The van der Waals surface area contributed by atoms with Gasteiger partial charge in [-0.05, 0) is 92.8 Å². The van der Waals surface area contributed by atoms with E-state index in [1.165, 1.54) is 6.92 Å². The summed E-state index contributed by atoms with van der Waals surface area (Å²) in [5.74, 6) is -3.96. The summed E-state index contributed by atoms with van der Waals surface area (Å²) in [7, 11) is 0. The van der Waals surface area contributed by atoms with E-state index in [9.17, 15) is 75.3 Å². The molecule has 3 heterocycles. The van der Waals surface area contributed by atoms with Crippen LogP contribution >= 0.6 is 0 Å². The van der Waals surface area contributed by atoms with Gasteiger partial charge in [-0.1, -0.05) is 59.3 Å². The van der Waals surface area contributed by atoms with Gasteiger partial charge in [0.25, 0.3) is 0 Å². The molecule has 436 valence electrons. The van der Waals surface area contributed by atoms with Crippen LogP contribution in [0.25, 0.3) is 0 Å². The first kappa shape index (κ1) is 60.0. The van der Waals surface area contributed by atoms with Crippen LogP contribution in [0.4, 0.5) is 0 Å². The summed E-state index contributed by atoms with van der Waals surface area (Å²) in [6, 6.07) is 0. The standard InChI is InChI=1S/C54H82O23/c1-10-23(2)45(69)77-43-42(66)54(22-71-24(3)57)26(17-49(43,4)5)25-11-12-30-50(6)15-14-32(51(7,21-56)29(50)13-16-52(30,8)53(25,9)18-31(54)59)73-48-41(76-47-37(64)35(62)34(61)28(19-55)72-47)39(38(65)40(75-48)44(67)68)74-46-36(63)33(60)27(58)20-70-46/h10-11,21,26-43,46-48,55,58-66H,12-20,22H2,1-9H3,(H,67,68)/b23-10-/t26-,27-,28+,29+,30+,31+,32-,33-,34-,35-,36+,37+,38-,39-,40-,41+,42-,43-,46-,47-,48+,50-,51-,52+,53+,54-/m0/s1. The lowest BCUT2D eigenvalue weighted by Crippen LogP contribution is -2.72. The van der Waals surface area contributed by atoms with Crippen LogP contribution in [-0.2, 0) is 57.1 Å². The van der Waals surface area contributed by atoms with Crippen LogP contribution in [0.15, 0.2) is 23.3 Å². The molecular weight excluding hydrogens is 1020 g/mol. The lowest BCUT2D eigenvalue weighted by Gasteiger charge is -2.72. The van der Waals surface area contributed by atoms with E-state index in [1.54, 1.807) is 26.8 Å². The number of carbonyl (C=O) groups is 4. The van der Waals surface area contributed by atoms with Crippen molar-refractivity contribution in [2.45, 2.75) is 218 Å². The van der Waals surface area contributed by atoms with Gasteiger partial charge >= 0.3 is 17.9 Å². The smallest absolute Gasteiger partial charge is 0.335 e. The predicted molar refractivity (Wildman–Crippen MR) is 262 cm³/mol. The van der Waals surface area contributed by atoms with E-state index < -0.39 is 186 Å². The number of aldehydes is 1. The van der Waals surface area contributed by atoms with Gasteiger partial charge in [0.15, 0.2) is 25.0 Å². The number of hydrogen-bond donors (Lipinski definition) is 11. The average Bonchev–Trinajstić information content (AvgIpc) is 3.51. The molecule has 0 bridgehead atoms. The summed E-state index contributed by atoms with van der Waals surface area (Å²) >= 11 is 0. The van der Waals surface area contributed by atoms with E-state index in [0.29, 0.717) is 37.7 Å². The molecule has 23 nitrogen and oxygen atoms in total. The first-order chi connectivity index (χ1) is 35.9. The molecule has 0 spiro atoms. The molecule has 0 amide bonds. The third kappa shape index (κ3) is 9.65. The topological polar surface area (TPSA) is 365 Å². The first-order valence-corrected chi connectivity index (χ1v) is 26.9. The highest BCUT2D eigenvalue weighted by Gasteiger charge is 2.74. The maximum absolute atomic E-state index is 14.0. The van der Waals surface area contributed by atoms with E-state index in [1.807, 2.05) is 13.8 Å². The number of aliphatic hydroxyl groups excluding tert-OH is 10. The molecule has 0 unspecified atom stereocenters. The monoisotopic (exact) mass is 1100 g/mol. The third-order valence-corrected chi connectivity index (χ3v) is 20.5. The minimum atomic E-state index is -2.17. The van der Waals surface area contributed by atoms with Crippen LogP contribution in [0.5, 0.6) is 0 Å². The van der Waals surface area contributed by atoms with Gasteiger partial charge in [0.05, 0.1) is 36.3 Å². The van der Waals surface area contributed by atoms with Gasteiger partial charge in [-0.3, -0.25) is 4.79 Å². The molecule has 7 fully saturated rings. The third-order valence-electron chi connectivity index (χ3n) is 20.5. The first-order valence-electron chi connectivity index (χ1n) is 26.9. The van der Waals surface area contributed by atoms with Gasteiger partial charge in [0.2, 0.25) is 0 Å². The van der Waals surface area contributed by atoms with Crippen LogP contribution in [0.3, 0.4) is 0 Å². The maximum Gasteiger partial charge on any atom is 0.335 e. The second kappa shape index (κ2) is 21.7. The zero-order chi connectivity index (χ0) is 56.9. The molecule has 23 heteroatoms. The number of rotatable bonds is 13. The van der Waals surface area contributed by atoms with Crippen LogP contribution in [0.1, 0.15) is 107 Å². The SMILES string of the molecule is C/C=C(/C)C(=O)O[C@H]1[C@H](O)[C@]2(COC(C)=O)[C@H](O)C[C@]3(C)C(=CC[C@@H]4[C@@]5(C)CC[C@H](O[C@@H]6O[C@H](C(=O)O)[C@@H](O)[C@H](O[C@@H]7OC[C@H](O)[C@H](O)[C@H]7O)[C@H]6O[C@@H]6O[C@H](CO)[C@H](O)[C@H](O)[C@H]6O)[C@@](C)(C=O)[C@@H]5CC[C@]43C)[C@@H]2CC1(C)C. The molecule has 5 aliphatic carbocycles. The summed E-state index contributed by atoms with van der Waals surface area (Å²) in [6.45, 7) is 14.9. The summed E-state index contributed by atoms with van der Waals surface area (Å²) < 4.78 is 47.8. The van der Waals surface area contributed by atoms with Crippen LogP contribution < -0.4 is 0 Å². The number of esters is 2. The molecule has 0 aromatic rings. The second-order valence-corrected chi connectivity index (χ2v) is 24.9. The van der Waals surface area contributed by atoms with Crippen molar-refractivity contribution in [3.05, 3.63) is 23.3 Å². The van der Waals surface area contributed by atoms with Gasteiger partial charge in [-0.25, -0.2) is 9.59 Å². The molecular formula is C54H82O23. The number of aliphatic hydroxyl groups is 10. The van der Waals surface area contributed by atoms with Gasteiger partial charge in [0, 0.05) is 17.9 Å². The maximum atomic E-state index is 14.0. The fraction of sp³-hybridized carbons (Fsp3) is 0.852. The Balaban J connectivity index is 1.13. The minimum Gasteiger partial charge on any atom is -0.479 e. The summed E-state index contributed by atoms with van der Waals surface area (Å²) in [5, 5.41) is 121. The lowest BCUT2D eigenvalue weighted by molar-refractivity contribution is -0.391. The second-order valence-electron chi connectivity index (χ2n) is 24.9. The Morgan fingerprint density at radius 2 is 1.43 bits per heavy atom. The number of allylic oxidation sites excluding steroid dienone is 3. The summed E-state index contributed by atoms with van der Waals surface area (Å²) in [6.07, 6.45) is -24.0. The highest BCUT2D eigenvalue weighted by molar-refractivity contribution is 5.87. The van der Waals surface area contributed by atoms with Crippen molar-refractivity contribution in [3.8, 4) is 0 Å². The molecule has 26 atom stereocenters. The summed E-state index contributed by atoms with van der Waals surface area (Å²) in [5.41, 5.74) is -4.13. The van der Waals surface area contributed by atoms with Crippen molar-refractivity contribution in [3.63, 3.8) is 0 Å². The van der Waals surface area contributed by atoms with Gasteiger partial charge in [-0.2, -0.15) is 0 Å². The minimum absolute atomic E-state index is 0.122. The van der Waals surface area contributed by atoms with Crippen LogP contribution in [-0.4, -0.2) is 211 Å². The Morgan fingerprint density at radius 1 is 0.766 bits per heavy atom. The number of aliphatic carboxylic acids is 1. The highest BCUT2D eigenvalue weighted by Crippen LogP contribution is 2.76.